The highest BCUT2D eigenvalue weighted by molar-refractivity contribution is 5.92. The summed E-state index contributed by atoms with van der Waals surface area (Å²) in [7, 11) is 0. The van der Waals surface area contributed by atoms with Crippen LogP contribution in [0.25, 0.3) is 0 Å². The van der Waals surface area contributed by atoms with Crippen molar-refractivity contribution in [2.24, 2.45) is 5.92 Å². The standard InChI is InChI=1S/C13H16N2O4/c16-8-10-2-1-3-11(14-10)12(17)15-6-4-9(5-7-15)13(18)19/h1-3,9,16H,4-8H2,(H,18,19). The minimum Gasteiger partial charge on any atom is -0.481 e. The smallest absolute Gasteiger partial charge is 0.306 e. The number of pyridine rings is 1. The van der Waals surface area contributed by atoms with Crippen LogP contribution in [0.3, 0.4) is 0 Å². The van der Waals surface area contributed by atoms with Crippen LogP contribution in [-0.2, 0) is 11.4 Å². The number of carbonyl (C=O) groups is 2. The molecule has 0 unspecified atom stereocenters. The van der Waals surface area contributed by atoms with E-state index in [9.17, 15) is 9.59 Å². The topological polar surface area (TPSA) is 90.7 Å². The zero-order valence-electron chi connectivity index (χ0n) is 10.5. The number of rotatable bonds is 3. The van der Waals surface area contributed by atoms with Gasteiger partial charge in [-0.2, -0.15) is 0 Å². The Morgan fingerprint density at radius 2 is 2.00 bits per heavy atom. The molecule has 6 heteroatoms. The van der Waals surface area contributed by atoms with Gasteiger partial charge in [0.15, 0.2) is 0 Å². The van der Waals surface area contributed by atoms with Crippen LogP contribution in [0.15, 0.2) is 18.2 Å². The number of amides is 1. The van der Waals surface area contributed by atoms with Crippen LogP contribution in [0.4, 0.5) is 0 Å². The lowest BCUT2D eigenvalue weighted by Crippen LogP contribution is -2.40. The van der Waals surface area contributed by atoms with Gasteiger partial charge in [-0.15, -0.1) is 0 Å². The molecular weight excluding hydrogens is 248 g/mol. The third-order valence-corrected chi connectivity index (χ3v) is 3.32. The van der Waals surface area contributed by atoms with Crippen molar-refractivity contribution < 1.29 is 19.8 Å². The molecule has 1 aromatic rings. The molecule has 0 aliphatic carbocycles. The normalized spacial score (nSPS) is 16.4. The molecule has 1 aliphatic rings. The summed E-state index contributed by atoms with van der Waals surface area (Å²) < 4.78 is 0. The van der Waals surface area contributed by atoms with E-state index >= 15 is 0 Å². The van der Waals surface area contributed by atoms with Gasteiger partial charge in [0.1, 0.15) is 5.69 Å². The number of likely N-dealkylation sites (tertiary alicyclic amines) is 1. The highest BCUT2D eigenvalue weighted by atomic mass is 16.4. The fourth-order valence-electron chi connectivity index (χ4n) is 2.18. The monoisotopic (exact) mass is 264 g/mol. The largest absolute Gasteiger partial charge is 0.481 e. The first kappa shape index (κ1) is 13.5. The molecule has 19 heavy (non-hydrogen) atoms. The number of aliphatic hydroxyl groups excluding tert-OH is 1. The Kier molecular flexibility index (Phi) is 4.11. The van der Waals surface area contributed by atoms with E-state index in [0.717, 1.165) is 0 Å². The molecular formula is C13H16N2O4. The molecule has 1 amide bonds. The highest BCUT2D eigenvalue weighted by Gasteiger charge is 2.27. The average Bonchev–Trinajstić information content (AvgIpc) is 2.46. The van der Waals surface area contributed by atoms with Crippen LogP contribution in [0, 0.1) is 5.92 Å². The van der Waals surface area contributed by atoms with Gasteiger partial charge in [0.2, 0.25) is 0 Å². The average molecular weight is 264 g/mol. The van der Waals surface area contributed by atoms with E-state index in [-0.39, 0.29) is 18.4 Å². The number of aromatic nitrogens is 1. The second-order valence-electron chi connectivity index (χ2n) is 4.58. The van der Waals surface area contributed by atoms with Crippen LogP contribution >= 0.6 is 0 Å². The quantitative estimate of drug-likeness (QED) is 0.830. The van der Waals surface area contributed by atoms with Crippen molar-refractivity contribution in [2.75, 3.05) is 13.1 Å². The number of carbonyl (C=O) groups excluding carboxylic acids is 1. The minimum atomic E-state index is -0.799. The fourth-order valence-corrected chi connectivity index (χ4v) is 2.18. The van der Waals surface area contributed by atoms with Crippen LogP contribution in [-0.4, -0.2) is 45.1 Å². The van der Waals surface area contributed by atoms with E-state index in [1.54, 1.807) is 23.1 Å². The molecule has 0 radical (unpaired) electrons. The van der Waals surface area contributed by atoms with Gasteiger partial charge in [-0.3, -0.25) is 9.59 Å². The first-order valence-electron chi connectivity index (χ1n) is 6.20. The number of carboxylic acids is 1. The Morgan fingerprint density at radius 1 is 1.32 bits per heavy atom. The van der Waals surface area contributed by atoms with Gasteiger partial charge in [0.05, 0.1) is 18.2 Å². The van der Waals surface area contributed by atoms with Crippen LogP contribution in [0.1, 0.15) is 29.0 Å². The van der Waals surface area contributed by atoms with Gasteiger partial charge < -0.3 is 15.1 Å². The molecule has 1 aromatic heterocycles. The second kappa shape index (κ2) is 5.79. The molecule has 0 atom stereocenters. The van der Waals surface area contributed by atoms with Crippen molar-refractivity contribution in [3.63, 3.8) is 0 Å². The minimum absolute atomic E-state index is 0.206. The summed E-state index contributed by atoms with van der Waals surface area (Å²) in [5.41, 5.74) is 0.742. The third kappa shape index (κ3) is 3.08. The zero-order valence-corrected chi connectivity index (χ0v) is 10.5. The molecule has 0 saturated carbocycles. The summed E-state index contributed by atoms with van der Waals surface area (Å²) in [4.78, 5) is 28.7. The molecule has 0 spiro atoms. The number of hydrogen-bond donors (Lipinski definition) is 2. The fraction of sp³-hybridized carbons (Fsp3) is 0.462. The van der Waals surface area contributed by atoms with Crippen LogP contribution in [0.5, 0.6) is 0 Å². The Morgan fingerprint density at radius 3 is 2.58 bits per heavy atom. The number of nitrogens with zero attached hydrogens (tertiary/aromatic N) is 2. The lowest BCUT2D eigenvalue weighted by molar-refractivity contribution is -0.143. The highest BCUT2D eigenvalue weighted by Crippen LogP contribution is 2.18. The van der Waals surface area contributed by atoms with E-state index < -0.39 is 5.97 Å². The summed E-state index contributed by atoms with van der Waals surface area (Å²) in [6.45, 7) is 0.657. The molecule has 1 fully saturated rings. The maximum atomic E-state index is 12.2. The molecule has 0 bridgehead atoms. The Balaban J connectivity index is 2.02. The van der Waals surface area contributed by atoms with Crippen molar-refractivity contribution in [2.45, 2.75) is 19.4 Å². The number of piperidine rings is 1. The molecule has 2 N–H and O–H groups in total. The number of carboxylic acid groups (broad SMARTS) is 1. The summed E-state index contributed by atoms with van der Waals surface area (Å²) in [5, 5.41) is 17.9. The summed E-state index contributed by atoms with van der Waals surface area (Å²) >= 11 is 0. The van der Waals surface area contributed by atoms with E-state index in [0.29, 0.717) is 37.3 Å². The van der Waals surface area contributed by atoms with E-state index in [1.165, 1.54) is 0 Å². The number of hydrogen-bond acceptors (Lipinski definition) is 4. The SMILES string of the molecule is O=C(O)C1CCN(C(=O)c2cccc(CO)n2)CC1. The molecule has 2 heterocycles. The van der Waals surface area contributed by atoms with Crippen LogP contribution in [0.2, 0.25) is 0 Å². The van der Waals surface area contributed by atoms with Gasteiger partial charge in [-0.05, 0) is 25.0 Å². The summed E-state index contributed by atoms with van der Waals surface area (Å²) in [5.74, 6) is -1.37. The predicted octanol–water partition coefficient (Wildman–Crippen LogP) is 0.511. The van der Waals surface area contributed by atoms with Crippen molar-refractivity contribution in [3.8, 4) is 0 Å². The van der Waals surface area contributed by atoms with E-state index in [1.807, 2.05) is 0 Å². The van der Waals surface area contributed by atoms with Gasteiger partial charge in [0.25, 0.3) is 5.91 Å². The zero-order chi connectivity index (χ0) is 13.8. The Bertz CT molecular complexity index is 481. The summed E-state index contributed by atoms with van der Waals surface area (Å²) in [6.07, 6.45) is 0.946. The summed E-state index contributed by atoms with van der Waals surface area (Å²) in [6, 6.07) is 4.92. The van der Waals surface area contributed by atoms with Crippen molar-refractivity contribution in [1.82, 2.24) is 9.88 Å². The van der Waals surface area contributed by atoms with Crippen molar-refractivity contribution in [3.05, 3.63) is 29.6 Å². The molecule has 1 aliphatic heterocycles. The number of aliphatic hydroxyl groups is 1. The molecule has 102 valence electrons. The van der Waals surface area contributed by atoms with Gasteiger partial charge in [0, 0.05) is 13.1 Å². The predicted molar refractivity (Wildman–Crippen MR) is 66.4 cm³/mol. The molecule has 0 aromatic carbocycles. The maximum absolute atomic E-state index is 12.2. The third-order valence-electron chi connectivity index (χ3n) is 3.32. The Labute approximate surface area is 110 Å². The molecule has 1 saturated heterocycles. The lowest BCUT2D eigenvalue weighted by Gasteiger charge is -2.29. The van der Waals surface area contributed by atoms with E-state index in [2.05, 4.69) is 4.98 Å². The van der Waals surface area contributed by atoms with Gasteiger partial charge in [-0.25, -0.2) is 4.98 Å². The number of aliphatic carboxylic acids is 1. The van der Waals surface area contributed by atoms with Crippen molar-refractivity contribution >= 4 is 11.9 Å². The first-order valence-corrected chi connectivity index (χ1v) is 6.20. The Hall–Kier alpha value is -1.95. The van der Waals surface area contributed by atoms with E-state index in [4.69, 9.17) is 10.2 Å². The maximum Gasteiger partial charge on any atom is 0.306 e. The second-order valence-corrected chi connectivity index (χ2v) is 4.58. The van der Waals surface area contributed by atoms with Gasteiger partial charge in [-0.1, -0.05) is 6.07 Å². The van der Waals surface area contributed by atoms with Gasteiger partial charge >= 0.3 is 5.97 Å². The lowest BCUT2D eigenvalue weighted by atomic mass is 9.97. The first-order chi connectivity index (χ1) is 9.11. The molecule has 6 nitrogen and oxygen atoms in total. The molecule has 2 rings (SSSR count). The van der Waals surface area contributed by atoms with Crippen LogP contribution < -0.4 is 0 Å². The van der Waals surface area contributed by atoms with Crippen molar-refractivity contribution in [1.29, 1.82) is 0 Å².